The minimum absolute atomic E-state index is 0.163. The number of nitrogens with zero attached hydrogens (tertiary/aromatic N) is 2. The first-order chi connectivity index (χ1) is 5.72. The zero-order chi connectivity index (χ0) is 8.72. The van der Waals surface area contributed by atoms with Gasteiger partial charge < -0.3 is 9.64 Å². The van der Waals surface area contributed by atoms with Crippen molar-refractivity contribution in [1.82, 2.24) is 9.80 Å². The van der Waals surface area contributed by atoms with Crippen molar-refractivity contribution in [3.8, 4) is 0 Å². The SMILES string of the molecule is COC(=O)N1C2C[C@H]1CN(C)C2. The molecule has 0 aromatic rings. The number of ether oxygens (including phenoxy) is 1. The number of amides is 1. The Morgan fingerprint density at radius 1 is 1.42 bits per heavy atom. The molecule has 3 heterocycles. The Hall–Kier alpha value is -0.770. The van der Waals surface area contributed by atoms with Gasteiger partial charge in [-0.15, -0.1) is 0 Å². The minimum atomic E-state index is -0.163. The monoisotopic (exact) mass is 170 g/mol. The highest BCUT2D eigenvalue weighted by molar-refractivity contribution is 5.69. The van der Waals surface area contributed by atoms with E-state index in [0.717, 1.165) is 19.5 Å². The van der Waals surface area contributed by atoms with Crippen molar-refractivity contribution in [2.45, 2.75) is 18.5 Å². The van der Waals surface area contributed by atoms with Gasteiger partial charge in [0.25, 0.3) is 0 Å². The topological polar surface area (TPSA) is 32.8 Å². The molecule has 1 unspecified atom stereocenters. The lowest BCUT2D eigenvalue weighted by molar-refractivity contribution is -0.0471. The molecule has 3 rings (SSSR count). The van der Waals surface area contributed by atoms with E-state index in [1.165, 1.54) is 7.11 Å². The fourth-order valence-corrected chi connectivity index (χ4v) is 2.22. The highest BCUT2D eigenvalue weighted by Crippen LogP contribution is 2.31. The quantitative estimate of drug-likeness (QED) is 0.518. The van der Waals surface area contributed by atoms with E-state index in [1.54, 1.807) is 0 Å². The van der Waals surface area contributed by atoms with Gasteiger partial charge in [0.2, 0.25) is 0 Å². The minimum Gasteiger partial charge on any atom is -0.453 e. The first-order valence-electron chi connectivity index (χ1n) is 4.27. The third-order valence-electron chi connectivity index (χ3n) is 2.76. The lowest BCUT2D eigenvalue weighted by Crippen LogP contribution is -2.69. The molecule has 0 aromatic heterocycles. The molecule has 3 aliphatic rings. The summed E-state index contributed by atoms with van der Waals surface area (Å²) in [5.74, 6) is 0. The van der Waals surface area contributed by atoms with Crippen LogP contribution in [0.15, 0.2) is 0 Å². The lowest BCUT2D eigenvalue weighted by Gasteiger charge is -2.54. The molecule has 0 aliphatic carbocycles. The molecule has 3 saturated heterocycles. The number of carbonyl (C=O) groups excluding carboxylic acids is 1. The number of hydrogen-bond acceptors (Lipinski definition) is 3. The molecule has 2 atom stereocenters. The Morgan fingerprint density at radius 3 is 2.50 bits per heavy atom. The Kier molecular flexibility index (Phi) is 1.72. The number of methoxy groups -OCH3 is 1. The third-order valence-corrected chi connectivity index (χ3v) is 2.76. The van der Waals surface area contributed by atoms with Gasteiger partial charge in [0, 0.05) is 13.1 Å². The van der Waals surface area contributed by atoms with E-state index in [-0.39, 0.29) is 6.09 Å². The van der Waals surface area contributed by atoms with E-state index in [4.69, 9.17) is 4.74 Å². The molecule has 3 aliphatic heterocycles. The van der Waals surface area contributed by atoms with E-state index < -0.39 is 0 Å². The van der Waals surface area contributed by atoms with E-state index in [2.05, 4.69) is 11.9 Å². The highest BCUT2D eigenvalue weighted by Gasteiger charge is 2.46. The average Bonchev–Trinajstić information content (AvgIpc) is 2.03. The van der Waals surface area contributed by atoms with Gasteiger partial charge in [-0.1, -0.05) is 0 Å². The average molecular weight is 170 g/mol. The molecule has 68 valence electrons. The van der Waals surface area contributed by atoms with Crippen LogP contribution in [0.5, 0.6) is 0 Å². The maximum absolute atomic E-state index is 11.2. The number of carbonyl (C=O) groups is 1. The second-order valence-electron chi connectivity index (χ2n) is 3.64. The molecule has 1 amide bonds. The van der Waals surface area contributed by atoms with Gasteiger partial charge in [-0.3, -0.25) is 4.90 Å². The van der Waals surface area contributed by atoms with Crippen LogP contribution in [0, 0.1) is 0 Å². The number of hydrogen-bond donors (Lipinski definition) is 0. The van der Waals surface area contributed by atoms with Crippen LogP contribution in [0.3, 0.4) is 0 Å². The van der Waals surface area contributed by atoms with Gasteiger partial charge in [0.1, 0.15) is 0 Å². The molecule has 0 saturated carbocycles. The van der Waals surface area contributed by atoms with E-state index >= 15 is 0 Å². The number of likely N-dealkylation sites (N-methyl/N-ethyl adjacent to an activating group) is 1. The molecule has 0 radical (unpaired) electrons. The molecular weight excluding hydrogens is 156 g/mol. The Balaban J connectivity index is 2.00. The number of rotatable bonds is 0. The van der Waals surface area contributed by atoms with Crippen molar-refractivity contribution in [2.24, 2.45) is 0 Å². The molecule has 0 N–H and O–H groups in total. The second-order valence-corrected chi connectivity index (χ2v) is 3.64. The molecule has 4 nitrogen and oxygen atoms in total. The Morgan fingerprint density at radius 2 is 2.00 bits per heavy atom. The fraction of sp³-hybridized carbons (Fsp3) is 0.875. The molecule has 0 aromatic carbocycles. The van der Waals surface area contributed by atoms with Crippen LogP contribution in [0.2, 0.25) is 0 Å². The molecular formula is C8H14N2O2. The Labute approximate surface area is 72.1 Å². The lowest BCUT2D eigenvalue weighted by atomic mass is 9.88. The van der Waals surface area contributed by atoms with Gasteiger partial charge in [0.05, 0.1) is 19.2 Å². The van der Waals surface area contributed by atoms with E-state index in [0.29, 0.717) is 12.1 Å². The summed E-state index contributed by atoms with van der Waals surface area (Å²) in [6.07, 6.45) is 0.990. The van der Waals surface area contributed by atoms with Crippen molar-refractivity contribution < 1.29 is 9.53 Å². The molecule has 3 fully saturated rings. The first-order valence-corrected chi connectivity index (χ1v) is 4.27. The zero-order valence-corrected chi connectivity index (χ0v) is 7.49. The van der Waals surface area contributed by atoms with Gasteiger partial charge in [-0.2, -0.15) is 0 Å². The van der Waals surface area contributed by atoms with Crippen molar-refractivity contribution in [3.63, 3.8) is 0 Å². The summed E-state index contributed by atoms with van der Waals surface area (Å²) in [7, 11) is 3.54. The van der Waals surface area contributed by atoms with Crippen LogP contribution in [-0.4, -0.2) is 55.2 Å². The van der Waals surface area contributed by atoms with Crippen LogP contribution in [0.1, 0.15) is 6.42 Å². The summed E-state index contributed by atoms with van der Waals surface area (Å²) < 4.78 is 4.69. The molecule has 4 heteroatoms. The van der Waals surface area contributed by atoms with E-state index in [1.807, 2.05) is 4.90 Å². The number of piperidine rings is 1. The van der Waals surface area contributed by atoms with Gasteiger partial charge >= 0.3 is 6.09 Å². The van der Waals surface area contributed by atoms with Crippen LogP contribution in [0.4, 0.5) is 4.79 Å². The molecule has 12 heavy (non-hydrogen) atoms. The standard InChI is InChI=1S/C8H14N2O2/c1-9-4-6-3-7(5-9)10(6)8(11)12-2/h6-7H,3-5H2,1-2H3/t6-,7?/m0/s1. The van der Waals surface area contributed by atoms with Crippen molar-refractivity contribution in [1.29, 1.82) is 0 Å². The molecule has 2 bridgehead atoms. The Bertz CT molecular complexity index is 195. The van der Waals surface area contributed by atoms with Crippen LogP contribution in [0.25, 0.3) is 0 Å². The van der Waals surface area contributed by atoms with Crippen molar-refractivity contribution >= 4 is 6.09 Å². The summed E-state index contributed by atoms with van der Waals surface area (Å²) in [4.78, 5) is 15.3. The first kappa shape index (κ1) is 7.86. The zero-order valence-electron chi connectivity index (χ0n) is 7.49. The summed E-state index contributed by atoms with van der Waals surface area (Å²) in [6.45, 7) is 1.98. The second kappa shape index (κ2) is 2.62. The number of piperazine rings is 1. The maximum atomic E-state index is 11.2. The normalized spacial score (nSPS) is 34.3. The smallest absolute Gasteiger partial charge is 0.410 e. The molecule has 0 spiro atoms. The highest BCUT2D eigenvalue weighted by atomic mass is 16.5. The van der Waals surface area contributed by atoms with Gasteiger partial charge in [-0.25, -0.2) is 4.79 Å². The van der Waals surface area contributed by atoms with Crippen LogP contribution < -0.4 is 0 Å². The van der Waals surface area contributed by atoms with Gasteiger partial charge in [-0.05, 0) is 13.5 Å². The van der Waals surface area contributed by atoms with Crippen molar-refractivity contribution in [2.75, 3.05) is 27.2 Å². The van der Waals surface area contributed by atoms with Gasteiger partial charge in [0.15, 0.2) is 0 Å². The maximum Gasteiger partial charge on any atom is 0.410 e. The van der Waals surface area contributed by atoms with Crippen LogP contribution in [-0.2, 0) is 4.74 Å². The summed E-state index contributed by atoms with van der Waals surface area (Å²) in [5, 5.41) is 0. The number of fused-ring (bicyclic) bond motifs is 2. The predicted octanol–water partition coefficient (Wildman–Crippen LogP) is 0.141. The third kappa shape index (κ3) is 0.982. The van der Waals surface area contributed by atoms with E-state index in [9.17, 15) is 4.79 Å². The predicted molar refractivity (Wildman–Crippen MR) is 43.9 cm³/mol. The largest absolute Gasteiger partial charge is 0.453 e. The summed E-state index contributed by atoms with van der Waals surface area (Å²) >= 11 is 0. The van der Waals surface area contributed by atoms with Crippen LogP contribution >= 0.6 is 0 Å². The fourth-order valence-electron chi connectivity index (χ4n) is 2.22. The summed E-state index contributed by atoms with van der Waals surface area (Å²) in [6, 6.07) is 0.808. The van der Waals surface area contributed by atoms with Crippen molar-refractivity contribution in [3.05, 3.63) is 0 Å². The summed E-state index contributed by atoms with van der Waals surface area (Å²) in [5.41, 5.74) is 0.